The summed E-state index contributed by atoms with van der Waals surface area (Å²) in [4.78, 5) is 36.2. The van der Waals surface area contributed by atoms with Crippen LogP contribution in [0.3, 0.4) is 0 Å². The molecule has 0 aliphatic carbocycles. The van der Waals surface area contributed by atoms with Crippen LogP contribution < -0.4 is 4.90 Å². The highest BCUT2D eigenvalue weighted by atomic mass is 19.1. The Morgan fingerprint density at radius 1 is 1.12 bits per heavy atom. The Morgan fingerprint density at radius 3 is 2.56 bits per heavy atom. The van der Waals surface area contributed by atoms with E-state index >= 15 is 0 Å². The normalized spacial score (nSPS) is 16.0. The number of rotatable bonds is 5. The number of carbonyl (C=O) groups excluding carboxylic acids is 2. The van der Waals surface area contributed by atoms with Crippen LogP contribution in [-0.4, -0.2) is 73.0 Å². The lowest BCUT2D eigenvalue weighted by atomic mass is 10.1. The topological polar surface area (TPSA) is 66.0 Å². The van der Waals surface area contributed by atoms with Gasteiger partial charge in [0.1, 0.15) is 12.4 Å². The predicted molar refractivity (Wildman–Crippen MR) is 130 cm³/mol. The second-order valence-electron chi connectivity index (χ2n) is 9.12. The molecule has 184 valence electrons. The van der Waals surface area contributed by atoms with Crippen LogP contribution in [0.2, 0.25) is 0 Å². The summed E-state index contributed by atoms with van der Waals surface area (Å²) in [5.74, 6) is -0.239. The fourth-order valence-corrected chi connectivity index (χ4v) is 4.38. The Labute approximate surface area is 201 Å². The molecular weight excluding hydrogens is 435 g/mol. The summed E-state index contributed by atoms with van der Waals surface area (Å²) in [6.45, 7) is 8.18. The van der Waals surface area contributed by atoms with Gasteiger partial charge in [-0.05, 0) is 67.7 Å². The molecule has 0 unspecified atom stereocenters. The highest BCUT2D eigenvalue weighted by Crippen LogP contribution is 2.26. The zero-order chi connectivity index (χ0) is 24.5. The van der Waals surface area contributed by atoms with Gasteiger partial charge in [-0.25, -0.2) is 4.39 Å². The van der Waals surface area contributed by atoms with Crippen LogP contribution in [0.4, 0.5) is 10.1 Å². The zero-order valence-corrected chi connectivity index (χ0v) is 20.4. The van der Waals surface area contributed by atoms with Gasteiger partial charge in [-0.15, -0.1) is 0 Å². The van der Waals surface area contributed by atoms with Crippen LogP contribution in [0.15, 0.2) is 42.7 Å². The maximum atomic E-state index is 14.3. The maximum absolute atomic E-state index is 14.3. The van der Waals surface area contributed by atoms with Gasteiger partial charge in [0.25, 0.3) is 5.91 Å². The summed E-state index contributed by atoms with van der Waals surface area (Å²) >= 11 is 0. The number of methoxy groups -OCH3 is 1. The van der Waals surface area contributed by atoms with Crippen molar-refractivity contribution < 1.29 is 18.7 Å². The molecule has 1 aromatic carbocycles. The van der Waals surface area contributed by atoms with E-state index in [1.54, 1.807) is 40.4 Å². The van der Waals surface area contributed by atoms with Crippen molar-refractivity contribution in [3.63, 3.8) is 0 Å². The number of nitrogens with zero attached hydrogens (tertiary/aromatic N) is 4. The van der Waals surface area contributed by atoms with E-state index in [2.05, 4.69) is 23.7 Å². The summed E-state index contributed by atoms with van der Waals surface area (Å²) in [5, 5.41) is 0. The molecule has 1 aliphatic heterocycles. The van der Waals surface area contributed by atoms with Gasteiger partial charge < -0.3 is 19.4 Å². The van der Waals surface area contributed by atoms with Gasteiger partial charge in [0.05, 0.1) is 5.56 Å². The van der Waals surface area contributed by atoms with E-state index in [9.17, 15) is 14.0 Å². The number of amides is 2. The van der Waals surface area contributed by atoms with E-state index in [1.807, 2.05) is 0 Å². The van der Waals surface area contributed by atoms with E-state index < -0.39 is 5.82 Å². The lowest BCUT2D eigenvalue weighted by Gasteiger charge is -2.32. The Kier molecular flexibility index (Phi) is 9.53. The maximum Gasteiger partial charge on any atom is 0.259 e. The van der Waals surface area contributed by atoms with Gasteiger partial charge in [0, 0.05) is 51.4 Å². The van der Waals surface area contributed by atoms with Crippen LogP contribution in [0, 0.1) is 11.7 Å². The first-order valence-corrected chi connectivity index (χ1v) is 11.9. The second kappa shape index (κ2) is 12.6. The molecule has 0 spiro atoms. The summed E-state index contributed by atoms with van der Waals surface area (Å²) < 4.78 is 19.4. The molecule has 0 saturated heterocycles. The molecular formula is C26H35FN4O3. The number of carbonyl (C=O) groups is 2. The molecule has 0 fully saturated rings. The minimum absolute atomic E-state index is 0.0430. The second-order valence-corrected chi connectivity index (χ2v) is 9.12. The van der Waals surface area contributed by atoms with Gasteiger partial charge in [-0.2, -0.15) is 0 Å². The Bertz CT molecular complexity index is 954. The summed E-state index contributed by atoms with van der Waals surface area (Å²) in [7, 11) is 1.49. The molecule has 0 radical (unpaired) electrons. The van der Waals surface area contributed by atoms with Crippen molar-refractivity contribution in [3.05, 3.63) is 59.7 Å². The third-order valence-corrected chi connectivity index (χ3v) is 5.85. The van der Waals surface area contributed by atoms with Crippen LogP contribution in [0.5, 0.6) is 0 Å². The van der Waals surface area contributed by atoms with Crippen molar-refractivity contribution in [2.24, 2.45) is 5.92 Å². The van der Waals surface area contributed by atoms with E-state index in [-0.39, 0.29) is 25.0 Å². The smallest absolute Gasteiger partial charge is 0.259 e. The Hall–Kier alpha value is -2.84. The van der Waals surface area contributed by atoms with Crippen molar-refractivity contribution in [3.8, 4) is 0 Å². The molecule has 0 atom stereocenters. The van der Waals surface area contributed by atoms with Crippen molar-refractivity contribution in [1.82, 2.24) is 14.8 Å². The number of benzene rings is 1. The molecule has 7 nitrogen and oxygen atoms in total. The highest BCUT2D eigenvalue weighted by molar-refractivity contribution is 6.06. The van der Waals surface area contributed by atoms with Gasteiger partial charge in [0.2, 0.25) is 5.91 Å². The van der Waals surface area contributed by atoms with Crippen LogP contribution >= 0.6 is 0 Å². The predicted octanol–water partition coefficient (Wildman–Crippen LogP) is 3.59. The quantitative estimate of drug-likeness (QED) is 0.668. The third-order valence-electron chi connectivity index (χ3n) is 5.85. The van der Waals surface area contributed by atoms with Crippen molar-refractivity contribution in [2.45, 2.75) is 33.2 Å². The number of halogens is 1. The van der Waals surface area contributed by atoms with Crippen LogP contribution in [-0.2, 0) is 16.1 Å². The standard InChI is InChI=1S/C26H35FN4O3/c1-20(2)17-29-11-5-13-30(25(32)19-34-3)18-22-15-23(27)8-9-24(22)31(14-6-12-29)26(33)21-7-4-10-28-16-21/h4,7-10,15-16,20H,5-6,11-14,17-19H2,1-3H3. The first kappa shape index (κ1) is 25.8. The Morgan fingerprint density at radius 2 is 1.88 bits per heavy atom. The molecule has 0 N–H and O–H groups in total. The number of anilines is 1. The number of pyridine rings is 1. The molecule has 0 saturated carbocycles. The SMILES string of the molecule is COCC(=O)N1CCCN(CC(C)C)CCCN(C(=O)c2cccnc2)c2ccc(F)cc2C1. The van der Waals surface area contributed by atoms with Gasteiger partial charge in [-0.1, -0.05) is 13.8 Å². The molecule has 1 aromatic heterocycles. The van der Waals surface area contributed by atoms with Crippen molar-refractivity contribution >= 4 is 17.5 Å². The fraction of sp³-hybridized carbons (Fsp3) is 0.500. The van der Waals surface area contributed by atoms with E-state index in [0.717, 1.165) is 32.5 Å². The third kappa shape index (κ3) is 7.08. The number of ether oxygens (including phenoxy) is 1. The zero-order valence-electron chi connectivity index (χ0n) is 20.4. The largest absolute Gasteiger partial charge is 0.375 e. The van der Waals surface area contributed by atoms with Crippen molar-refractivity contribution in [2.75, 3.05) is 51.3 Å². The van der Waals surface area contributed by atoms with Crippen molar-refractivity contribution in [1.29, 1.82) is 0 Å². The van der Waals surface area contributed by atoms with E-state index in [0.29, 0.717) is 35.8 Å². The van der Waals surface area contributed by atoms with E-state index in [4.69, 9.17) is 4.74 Å². The number of hydrogen-bond acceptors (Lipinski definition) is 5. The molecule has 2 amide bonds. The van der Waals surface area contributed by atoms with Gasteiger partial charge >= 0.3 is 0 Å². The minimum atomic E-state index is -0.401. The molecule has 34 heavy (non-hydrogen) atoms. The minimum Gasteiger partial charge on any atom is -0.375 e. The Balaban J connectivity index is 2.00. The molecule has 3 rings (SSSR count). The lowest BCUT2D eigenvalue weighted by Crippen LogP contribution is -2.40. The van der Waals surface area contributed by atoms with E-state index in [1.165, 1.54) is 19.2 Å². The molecule has 8 heteroatoms. The first-order valence-electron chi connectivity index (χ1n) is 11.9. The summed E-state index contributed by atoms with van der Waals surface area (Å²) in [5.41, 5.74) is 1.68. The number of hydrogen-bond donors (Lipinski definition) is 0. The average molecular weight is 471 g/mol. The molecule has 1 aliphatic rings. The number of fused-ring (bicyclic) bond motifs is 1. The molecule has 0 bridgehead atoms. The average Bonchev–Trinajstić information content (AvgIpc) is 2.80. The fourth-order valence-electron chi connectivity index (χ4n) is 4.38. The lowest BCUT2D eigenvalue weighted by molar-refractivity contribution is -0.135. The number of aromatic nitrogens is 1. The monoisotopic (exact) mass is 470 g/mol. The molecule has 2 heterocycles. The molecule has 2 aromatic rings. The summed E-state index contributed by atoms with van der Waals surface area (Å²) in [6, 6.07) is 7.87. The highest BCUT2D eigenvalue weighted by Gasteiger charge is 2.24. The van der Waals surface area contributed by atoms with Gasteiger partial charge in [0.15, 0.2) is 0 Å². The van der Waals surface area contributed by atoms with Crippen LogP contribution in [0.25, 0.3) is 0 Å². The van der Waals surface area contributed by atoms with Crippen LogP contribution in [0.1, 0.15) is 42.6 Å². The first-order chi connectivity index (χ1) is 16.4. The summed E-state index contributed by atoms with van der Waals surface area (Å²) in [6.07, 6.45) is 4.76. The van der Waals surface area contributed by atoms with Gasteiger partial charge in [-0.3, -0.25) is 14.6 Å².